The average molecular weight is 463 g/mol. The number of methoxy groups -OCH3 is 2. The molecule has 2 aromatic carbocycles. The number of ether oxygens (including phenoxy) is 2. The van der Waals surface area contributed by atoms with Gasteiger partial charge in [0.05, 0.1) is 25.5 Å². The van der Waals surface area contributed by atoms with Crippen LogP contribution in [-0.2, 0) is 11.3 Å². The van der Waals surface area contributed by atoms with Crippen molar-refractivity contribution < 1.29 is 23.5 Å². The van der Waals surface area contributed by atoms with Crippen molar-refractivity contribution in [1.82, 2.24) is 15.5 Å². The van der Waals surface area contributed by atoms with Gasteiger partial charge in [0, 0.05) is 12.6 Å². The highest BCUT2D eigenvalue weighted by Crippen LogP contribution is 2.28. The first kappa shape index (κ1) is 22.5. The zero-order valence-corrected chi connectivity index (χ0v) is 18.3. The first-order chi connectivity index (χ1) is 15.0. The van der Waals surface area contributed by atoms with Crippen molar-refractivity contribution in [3.63, 3.8) is 0 Å². The molecular formula is C20H19FN4O4S2. The topological polar surface area (TPSA) is 102 Å². The lowest BCUT2D eigenvalue weighted by Gasteiger charge is -2.09. The third-order valence-electron chi connectivity index (χ3n) is 4.01. The van der Waals surface area contributed by atoms with Crippen LogP contribution in [0.15, 0.2) is 46.8 Å². The number of hydrogen-bond acceptors (Lipinski definition) is 8. The van der Waals surface area contributed by atoms with Gasteiger partial charge in [0.2, 0.25) is 11.0 Å². The molecule has 31 heavy (non-hydrogen) atoms. The van der Waals surface area contributed by atoms with E-state index in [1.54, 1.807) is 30.3 Å². The molecule has 0 saturated heterocycles. The minimum atomic E-state index is -0.399. The fourth-order valence-corrected chi connectivity index (χ4v) is 4.03. The lowest BCUT2D eigenvalue weighted by Crippen LogP contribution is -2.24. The highest BCUT2D eigenvalue weighted by atomic mass is 32.2. The highest BCUT2D eigenvalue weighted by Gasteiger charge is 2.16. The quantitative estimate of drug-likeness (QED) is 0.371. The molecule has 162 valence electrons. The lowest BCUT2D eigenvalue weighted by atomic mass is 10.2. The maximum absolute atomic E-state index is 12.9. The van der Waals surface area contributed by atoms with Gasteiger partial charge in [-0.3, -0.25) is 14.9 Å². The summed E-state index contributed by atoms with van der Waals surface area (Å²) in [5.74, 6) is 0.155. The molecule has 0 bridgehead atoms. The van der Waals surface area contributed by atoms with Crippen molar-refractivity contribution in [3.8, 4) is 11.5 Å². The van der Waals surface area contributed by atoms with E-state index >= 15 is 0 Å². The number of nitrogens with one attached hydrogen (secondary N) is 2. The molecule has 0 unspecified atom stereocenters. The summed E-state index contributed by atoms with van der Waals surface area (Å²) >= 11 is 2.36. The third kappa shape index (κ3) is 6.40. The van der Waals surface area contributed by atoms with Gasteiger partial charge in [-0.05, 0) is 29.8 Å². The van der Waals surface area contributed by atoms with Crippen molar-refractivity contribution in [1.29, 1.82) is 0 Å². The molecule has 0 aliphatic carbocycles. The van der Waals surface area contributed by atoms with Gasteiger partial charge < -0.3 is 14.8 Å². The zero-order valence-electron chi connectivity index (χ0n) is 16.7. The molecule has 0 saturated carbocycles. The van der Waals surface area contributed by atoms with Crippen LogP contribution in [0.5, 0.6) is 11.5 Å². The molecule has 2 N–H and O–H groups in total. The number of rotatable bonds is 9. The Hall–Kier alpha value is -3.18. The van der Waals surface area contributed by atoms with Crippen LogP contribution in [0, 0.1) is 5.82 Å². The lowest BCUT2D eigenvalue weighted by molar-refractivity contribution is -0.118. The number of benzene rings is 2. The van der Waals surface area contributed by atoms with Gasteiger partial charge in [-0.2, -0.15) is 0 Å². The summed E-state index contributed by atoms with van der Waals surface area (Å²) in [5.41, 5.74) is 1.13. The van der Waals surface area contributed by atoms with E-state index in [2.05, 4.69) is 20.8 Å². The fraction of sp³-hybridized carbons (Fsp3) is 0.200. The van der Waals surface area contributed by atoms with Crippen molar-refractivity contribution in [2.24, 2.45) is 0 Å². The molecule has 0 atom stereocenters. The number of halogens is 1. The van der Waals surface area contributed by atoms with Crippen LogP contribution >= 0.6 is 23.1 Å². The number of carbonyl (C=O) groups is 2. The van der Waals surface area contributed by atoms with Crippen molar-refractivity contribution in [2.75, 3.05) is 25.3 Å². The molecule has 1 heterocycles. The Labute approximate surface area is 186 Å². The van der Waals surface area contributed by atoms with Crippen molar-refractivity contribution >= 4 is 40.0 Å². The van der Waals surface area contributed by atoms with Crippen LogP contribution in [-0.4, -0.2) is 42.0 Å². The number of hydrogen-bond donors (Lipinski definition) is 2. The van der Waals surface area contributed by atoms with Gasteiger partial charge in [-0.1, -0.05) is 35.2 Å². The molecule has 2 amide bonds. The average Bonchev–Trinajstić information content (AvgIpc) is 3.23. The zero-order chi connectivity index (χ0) is 22.2. The molecular weight excluding hydrogens is 443 g/mol. The summed E-state index contributed by atoms with van der Waals surface area (Å²) in [6.45, 7) is 0.306. The fourth-order valence-electron chi connectivity index (χ4n) is 2.45. The smallest absolute Gasteiger partial charge is 0.261 e. The van der Waals surface area contributed by atoms with Crippen molar-refractivity contribution in [2.45, 2.75) is 10.9 Å². The predicted octanol–water partition coefficient (Wildman–Crippen LogP) is 3.36. The predicted molar refractivity (Wildman–Crippen MR) is 116 cm³/mol. The highest BCUT2D eigenvalue weighted by molar-refractivity contribution is 8.01. The number of nitrogens with zero attached hydrogens (tertiary/aromatic N) is 2. The minimum absolute atomic E-state index is 0.135. The Bertz CT molecular complexity index is 1060. The molecule has 3 aromatic rings. The largest absolute Gasteiger partial charge is 0.497 e. The van der Waals surface area contributed by atoms with Crippen LogP contribution < -0.4 is 20.1 Å². The van der Waals surface area contributed by atoms with E-state index in [-0.39, 0.29) is 17.5 Å². The third-order valence-corrected chi connectivity index (χ3v) is 5.98. The molecule has 3 rings (SSSR count). The van der Waals surface area contributed by atoms with E-state index in [0.717, 1.165) is 16.9 Å². The molecule has 0 aliphatic heterocycles. The van der Waals surface area contributed by atoms with E-state index in [9.17, 15) is 14.0 Å². The van der Waals surface area contributed by atoms with E-state index in [1.807, 2.05) is 0 Å². The van der Waals surface area contributed by atoms with Gasteiger partial charge in [0.25, 0.3) is 5.91 Å². The Morgan fingerprint density at radius 2 is 1.87 bits per heavy atom. The molecule has 11 heteroatoms. The molecule has 0 radical (unpaired) electrons. The molecule has 0 aliphatic rings. The van der Waals surface area contributed by atoms with Crippen LogP contribution in [0.1, 0.15) is 15.9 Å². The number of thioether (sulfide) groups is 1. The summed E-state index contributed by atoms with van der Waals surface area (Å²) in [4.78, 5) is 24.5. The first-order valence-electron chi connectivity index (χ1n) is 8.99. The van der Waals surface area contributed by atoms with Gasteiger partial charge in [-0.25, -0.2) is 4.39 Å². The van der Waals surface area contributed by atoms with E-state index < -0.39 is 5.91 Å². The summed E-state index contributed by atoms with van der Waals surface area (Å²) in [6.07, 6.45) is 0. The molecule has 0 spiro atoms. The Kier molecular flexibility index (Phi) is 7.79. The second-order valence-corrected chi connectivity index (χ2v) is 8.29. The Morgan fingerprint density at radius 1 is 1.10 bits per heavy atom. The van der Waals surface area contributed by atoms with Crippen LogP contribution in [0.3, 0.4) is 0 Å². The van der Waals surface area contributed by atoms with Crippen LogP contribution in [0.25, 0.3) is 0 Å². The number of amides is 2. The summed E-state index contributed by atoms with van der Waals surface area (Å²) in [7, 11) is 2.99. The molecule has 0 fully saturated rings. The van der Waals surface area contributed by atoms with Gasteiger partial charge in [0.15, 0.2) is 4.34 Å². The molecule has 1 aromatic heterocycles. The number of carbonyl (C=O) groups excluding carboxylic acids is 2. The van der Waals surface area contributed by atoms with Crippen LogP contribution in [0.2, 0.25) is 0 Å². The summed E-state index contributed by atoms with van der Waals surface area (Å²) in [5, 5.41) is 13.6. The number of anilines is 1. The van der Waals surface area contributed by atoms with E-state index in [4.69, 9.17) is 9.47 Å². The van der Waals surface area contributed by atoms with Gasteiger partial charge in [0.1, 0.15) is 17.3 Å². The van der Waals surface area contributed by atoms with Crippen molar-refractivity contribution in [3.05, 3.63) is 59.4 Å². The monoisotopic (exact) mass is 462 g/mol. The molecule has 8 nitrogen and oxygen atoms in total. The maximum atomic E-state index is 12.9. The maximum Gasteiger partial charge on any atom is 0.261 e. The first-order valence-corrected chi connectivity index (χ1v) is 10.8. The van der Waals surface area contributed by atoms with E-state index in [0.29, 0.717) is 33.1 Å². The standard InChI is InChI=1S/C20H19FN4O4S2/c1-28-14-7-8-15(16(9-14)29-2)18(27)23-19-24-25-20(31-19)30-11-17(26)22-10-12-3-5-13(21)6-4-12/h3-9H,10-11H2,1-2H3,(H,22,26)(H,23,24,27). The van der Waals surface area contributed by atoms with E-state index in [1.165, 1.54) is 38.1 Å². The minimum Gasteiger partial charge on any atom is -0.497 e. The Balaban J connectivity index is 1.50. The second kappa shape index (κ2) is 10.7. The number of aromatic nitrogens is 2. The van der Waals surface area contributed by atoms with Crippen LogP contribution in [0.4, 0.5) is 9.52 Å². The van der Waals surface area contributed by atoms with Gasteiger partial charge >= 0.3 is 0 Å². The normalized spacial score (nSPS) is 10.4. The SMILES string of the molecule is COc1ccc(C(=O)Nc2nnc(SCC(=O)NCc3ccc(F)cc3)s2)c(OC)c1. The van der Waals surface area contributed by atoms with Gasteiger partial charge in [-0.15, -0.1) is 10.2 Å². The summed E-state index contributed by atoms with van der Waals surface area (Å²) in [6, 6.07) is 10.8. The second-order valence-electron chi connectivity index (χ2n) is 6.09. The summed E-state index contributed by atoms with van der Waals surface area (Å²) < 4.78 is 23.8. The Morgan fingerprint density at radius 3 is 2.58 bits per heavy atom.